The Morgan fingerprint density at radius 1 is 1.46 bits per heavy atom. The van der Waals surface area contributed by atoms with E-state index >= 15 is 0 Å². The molecule has 1 fully saturated rings. The molecule has 0 spiro atoms. The lowest BCUT2D eigenvalue weighted by atomic mass is 10.1. The zero-order chi connectivity index (χ0) is 17.1. The second kappa shape index (κ2) is 6.90. The molecule has 0 aromatic carbocycles. The van der Waals surface area contributed by atoms with Crippen LogP contribution < -0.4 is 10.2 Å². The number of hydrogen-bond acceptors (Lipinski definition) is 6. The molecule has 2 atom stereocenters. The number of hydrogen-bond donors (Lipinski definition) is 1. The van der Waals surface area contributed by atoms with Crippen LogP contribution >= 0.6 is 0 Å². The van der Waals surface area contributed by atoms with Crippen LogP contribution in [0.5, 0.6) is 0 Å². The predicted molar refractivity (Wildman–Crippen MR) is 85.1 cm³/mol. The number of aromatic nitrogens is 2. The van der Waals surface area contributed by atoms with Crippen LogP contribution in [0.3, 0.4) is 0 Å². The van der Waals surface area contributed by atoms with Gasteiger partial charge in [0.1, 0.15) is 11.9 Å². The van der Waals surface area contributed by atoms with Crippen molar-refractivity contribution in [2.45, 2.75) is 31.5 Å². The van der Waals surface area contributed by atoms with Gasteiger partial charge in [0.2, 0.25) is 5.91 Å². The van der Waals surface area contributed by atoms with Crippen molar-refractivity contribution in [3.63, 3.8) is 0 Å². The summed E-state index contributed by atoms with van der Waals surface area (Å²) in [6.45, 7) is 0.518. The highest BCUT2D eigenvalue weighted by Gasteiger charge is 2.33. The van der Waals surface area contributed by atoms with Gasteiger partial charge in [-0.2, -0.15) is 10.2 Å². The number of alkyl halides is 1. The minimum Gasteiger partial charge on any atom is -0.349 e. The Bertz CT molecular complexity index is 653. The van der Waals surface area contributed by atoms with E-state index in [1.165, 1.54) is 12.1 Å². The van der Waals surface area contributed by atoms with Crippen LogP contribution in [0.4, 0.5) is 10.2 Å². The van der Waals surface area contributed by atoms with Crippen LogP contribution in [-0.2, 0) is 9.59 Å². The average Bonchev–Trinajstić information content (AvgIpc) is 2.97. The molecule has 1 saturated heterocycles. The second-order valence-corrected chi connectivity index (χ2v) is 5.90. The summed E-state index contributed by atoms with van der Waals surface area (Å²) >= 11 is 0. The fourth-order valence-corrected chi connectivity index (χ4v) is 2.93. The minimum atomic E-state index is -0.968. The molecule has 24 heavy (non-hydrogen) atoms. The number of nitrogens with zero attached hydrogens (tertiary/aromatic N) is 5. The summed E-state index contributed by atoms with van der Waals surface area (Å²) in [6, 6.07) is 3.32. The molecule has 2 aliphatic rings. The lowest BCUT2D eigenvalue weighted by molar-refractivity contribution is -0.130. The highest BCUT2D eigenvalue weighted by Crippen LogP contribution is 2.24. The Hall–Kier alpha value is -2.58. The molecule has 9 heteroatoms. The van der Waals surface area contributed by atoms with Crippen molar-refractivity contribution >= 4 is 23.3 Å². The summed E-state index contributed by atoms with van der Waals surface area (Å²) in [5, 5.41) is 15.8. The van der Waals surface area contributed by atoms with Crippen LogP contribution in [0.15, 0.2) is 23.4 Å². The van der Waals surface area contributed by atoms with Crippen molar-refractivity contribution in [1.82, 2.24) is 20.5 Å². The minimum absolute atomic E-state index is 0.114. The number of rotatable bonds is 4. The summed E-state index contributed by atoms with van der Waals surface area (Å²) in [5.74, 6) is 0.157. The number of halogens is 1. The third-order valence-corrected chi connectivity index (χ3v) is 4.18. The van der Waals surface area contributed by atoms with Gasteiger partial charge in [0.05, 0.1) is 12.6 Å². The topological polar surface area (TPSA) is 90.8 Å². The predicted octanol–water partition coefficient (Wildman–Crippen LogP) is 0.118. The van der Waals surface area contributed by atoms with Gasteiger partial charge in [-0.3, -0.25) is 9.59 Å². The van der Waals surface area contributed by atoms with Crippen molar-refractivity contribution in [2.24, 2.45) is 5.10 Å². The molecule has 3 rings (SSSR count). The van der Waals surface area contributed by atoms with Gasteiger partial charge in [0, 0.05) is 39.1 Å². The molecule has 1 aromatic rings. The standard InChI is InChI=1S/C15H19FN6O2/c1-21-14(23)5-4-12(20-21)15(24)17-8-11-7-10(16)9-22(11)13-3-2-6-18-19-13/h2-3,6,10-11H,4-5,7-9H2,1H3,(H,17,24)/t10-,11-/m0/s1. The first-order chi connectivity index (χ1) is 11.5. The van der Waals surface area contributed by atoms with E-state index in [1.807, 2.05) is 4.90 Å². The molecule has 2 aliphatic heterocycles. The van der Waals surface area contributed by atoms with E-state index in [0.29, 0.717) is 24.4 Å². The Morgan fingerprint density at radius 3 is 3.00 bits per heavy atom. The normalized spacial score (nSPS) is 24.1. The van der Waals surface area contributed by atoms with Crippen molar-refractivity contribution in [3.05, 3.63) is 18.3 Å². The smallest absolute Gasteiger partial charge is 0.267 e. The quantitative estimate of drug-likeness (QED) is 0.844. The third kappa shape index (κ3) is 3.50. The molecule has 128 valence electrons. The van der Waals surface area contributed by atoms with Crippen LogP contribution in [0.1, 0.15) is 19.3 Å². The van der Waals surface area contributed by atoms with Gasteiger partial charge in [-0.05, 0) is 12.1 Å². The van der Waals surface area contributed by atoms with Gasteiger partial charge in [-0.1, -0.05) is 0 Å². The molecule has 0 aliphatic carbocycles. The molecular weight excluding hydrogens is 315 g/mol. The summed E-state index contributed by atoms with van der Waals surface area (Å²) in [6.07, 6.45) is 1.50. The zero-order valence-corrected chi connectivity index (χ0v) is 13.4. The first-order valence-corrected chi connectivity index (χ1v) is 7.85. The lowest BCUT2D eigenvalue weighted by Gasteiger charge is -2.25. The molecular formula is C15H19FN6O2. The van der Waals surface area contributed by atoms with Crippen LogP contribution in [0.2, 0.25) is 0 Å². The summed E-state index contributed by atoms with van der Waals surface area (Å²) < 4.78 is 13.8. The monoisotopic (exact) mass is 334 g/mol. The SMILES string of the molecule is CN1N=C(C(=O)NC[C@@H]2C[C@H](F)CN2c2cccnn2)CCC1=O. The number of hydrazone groups is 1. The van der Waals surface area contributed by atoms with Gasteiger partial charge in [-0.15, -0.1) is 5.10 Å². The molecule has 0 bridgehead atoms. The maximum atomic E-state index is 13.8. The fourth-order valence-electron chi connectivity index (χ4n) is 2.93. The lowest BCUT2D eigenvalue weighted by Crippen LogP contribution is -2.44. The van der Waals surface area contributed by atoms with Crippen molar-refractivity contribution < 1.29 is 14.0 Å². The maximum absolute atomic E-state index is 13.8. The Morgan fingerprint density at radius 2 is 2.29 bits per heavy atom. The molecule has 0 radical (unpaired) electrons. The number of anilines is 1. The Balaban J connectivity index is 1.62. The van der Waals surface area contributed by atoms with Gasteiger partial charge in [0.15, 0.2) is 5.82 Å². The molecule has 1 aromatic heterocycles. The zero-order valence-electron chi connectivity index (χ0n) is 13.4. The number of amides is 2. The van der Waals surface area contributed by atoms with E-state index in [-0.39, 0.29) is 37.4 Å². The highest BCUT2D eigenvalue weighted by molar-refractivity contribution is 6.39. The fraction of sp³-hybridized carbons (Fsp3) is 0.533. The average molecular weight is 334 g/mol. The summed E-state index contributed by atoms with van der Waals surface area (Å²) in [4.78, 5) is 25.4. The number of nitrogens with one attached hydrogen (secondary N) is 1. The number of carbonyl (C=O) groups is 2. The van der Waals surface area contributed by atoms with E-state index in [0.717, 1.165) is 0 Å². The molecule has 8 nitrogen and oxygen atoms in total. The van der Waals surface area contributed by atoms with Gasteiger partial charge < -0.3 is 10.2 Å². The first kappa shape index (κ1) is 16.3. The Kier molecular flexibility index (Phi) is 4.68. The molecule has 0 unspecified atom stereocenters. The van der Waals surface area contributed by atoms with Crippen LogP contribution in [0, 0.1) is 0 Å². The largest absolute Gasteiger partial charge is 0.349 e. The molecule has 0 saturated carbocycles. The highest BCUT2D eigenvalue weighted by atomic mass is 19.1. The van der Waals surface area contributed by atoms with Crippen molar-refractivity contribution in [2.75, 3.05) is 25.0 Å². The molecule has 2 amide bonds. The second-order valence-electron chi connectivity index (χ2n) is 5.90. The van der Waals surface area contributed by atoms with Crippen molar-refractivity contribution in [3.8, 4) is 0 Å². The van der Waals surface area contributed by atoms with Gasteiger partial charge in [-0.25, -0.2) is 9.40 Å². The van der Waals surface area contributed by atoms with Gasteiger partial charge >= 0.3 is 0 Å². The van der Waals surface area contributed by atoms with E-state index in [1.54, 1.807) is 18.3 Å². The third-order valence-electron chi connectivity index (χ3n) is 4.18. The van der Waals surface area contributed by atoms with E-state index in [4.69, 9.17) is 0 Å². The Labute approximate surface area is 138 Å². The van der Waals surface area contributed by atoms with E-state index in [9.17, 15) is 14.0 Å². The summed E-state index contributed by atoms with van der Waals surface area (Å²) in [7, 11) is 1.52. The number of carbonyl (C=O) groups excluding carboxylic acids is 2. The first-order valence-electron chi connectivity index (χ1n) is 7.85. The maximum Gasteiger partial charge on any atom is 0.267 e. The summed E-state index contributed by atoms with van der Waals surface area (Å²) in [5.41, 5.74) is 0.318. The van der Waals surface area contributed by atoms with E-state index in [2.05, 4.69) is 20.6 Å². The van der Waals surface area contributed by atoms with Gasteiger partial charge in [0.25, 0.3) is 5.91 Å². The molecule has 1 N–H and O–H groups in total. The van der Waals surface area contributed by atoms with Crippen LogP contribution in [-0.4, -0.2) is 65.1 Å². The van der Waals surface area contributed by atoms with Crippen LogP contribution in [0.25, 0.3) is 0 Å². The van der Waals surface area contributed by atoms with Crippen molar-refractivity contribution in [1.29, 1.82) is 0 Å². The molecule has 3 heterocycles. The van der Waals surface area contributed by atoms with E-state index < -0.39 is 6.17 Å².